The van der Waals surface area contributed by atoms with E-state index in [-0.39, 0.29) is 0 Å². The molecule has 0 bridgehead atoms. The molecule has 1 aromatic heterocycles. The number of hydrogen-bond acceptors (Lipinski definition) is 3. The zero-order valence-corrected chi connectivity index (χ0v) is 11.8. The highest BCUT2D eigenvalue weighted by Gasteiger charge is 2.05. The van der Waals surface area contributed by atoms with Crippen LogP contribution in [-0.2, 0) is 11.9 Å². The summed E-state index contributed by atoms with van der Waals surface area (Å²) in [5, 5.41) is 0.613. The van der Waals surface area contributed by atoms with Crippen LogP contribution < -0.4 is 4.74 Å². The van der Waals surface area contributed by atoms with Gasteiger partial charge < -0.3 is 9.15 Å². The van der Waals surface area contributed by atoms with E-state index in [4.69, 9.17) is 9.15 Å². The molecule has 0 unspecified atom stereocenters. The number of benzene rings is 2. The maximum Gasteiger partial charge on any atom is 0.206 e. The molecule has 0 radical (unpaired) electrons. The first-order valence-corrected chi connectivity index (χ1v) is 7.09. The van der Waals surface area contributed by atoms with Gasteiger partial charge in [0.05, 0.1) is 5.33 Å². The average molecular weight is 318 g/mol. The molecule has 0 amide bonds. The largest absolute Gasteiger partial charge is 0.489 e. The Morgan fingerprint density at radius 1 is 1.11 bits per heavy atom. The first-order valence-electron chi connectivity index (χ1n) is 5.97. The van der Waals surface area contributed by atoms with E-state index in [2.05, 4.69) is 20.9 Å². The fourth-order valence-corrected chi connectivity index (χ4v) is 2.08. The predicted octanol–water partition coefficient (Wildman–Crippen LogP) is 4.30. The van der Waals surface area contributed by atoms with Gasteiger partial charge in [-0.05, 0) is 17.7 Å². The van der Waals surface area contributed by atoms with Crippen molar-refractivity contribution in [1.82, 2.24) is 4.98 Å². The molecule has 3 aromatic rings. The monoisotopic (exact) mass is 317 g/mol. The Kier molecular flexibility index (Phi) is 3.51. The van der Waals surface area contributed by atoms with E-state index in [1.807, 2.05) is 48.5 Å². The van der Waals surface area contributed by atoms with Crippen molar-refractivity contribution in [3.8, 4) is 5.75 Å². The van der Waals surface area contributed by atoms with Gasteiger partial charge in [0.2, 0.25) is 5.89 Å². The van der Waals surface area contributed by atoms with Gasteiger partial charge in [0.1, 0.15) is 17.9 Å². The Morgan fingerprint density at radius 2 is 1.95 bits per heavy atom. The molecular weight excluding hydrogens is 306 g/mol. The summed E-state index contributed by atoms with van der Waals surface area (Å²) in [5.41, 5.74) is 2.74. The van der Waals surface area contributed by atoms with E-state index in [1.165, 1.54) is 0 Å². The van der Waals surface area contributed by atoms with Crippen molar-refractivity contribution >= 4 is 27.0 Å². The van der Waals surface area contributed by atoms with Gasteiger partial charge in [-0.2, -0.15) is 0 Å². The molecule has 0 aliphatic rings. The molecule has 0 fully saturated rings. The summed E-state index contributed by atoms with van der Waals surface area (Å²) in [6.45, 7) is 0.551. The van der Waals surface area contributed by atoms with Crippen molar-refractivity contribution in [3.63, 3.8) is 0 Å². The van der Waals surface area contributed by atoms with Crippen LogP contribution in [0, 0.1) is 0 Å². The number of rotatable bonds is 4. The van der Waals surface area contributed by atoms with Crippen LogP contribution in [0.4, 0.5) is 0 Å². The molecule has 1 heterocycles. The molecule has 3 rings (SSSR count). The molecule has 96 valence electrons. The van der Waals surface area contributed by atoms with E-state index < -0.39 is 0 Å². The summed E-state index contributed by atoms with van der Waals surface area (Å²) in [6, 6.07) is 15.8. The zero-order chi connectivity index (χ0) is 13.1. The molecule has 0 saturated heterocycles. The zero-order valence-electron chi connectivity index (χ0n) is 10.2. The predicted molar refractivity (Wildman–Crippen MR) is 77.4 cm³/mol. The summed E-state index contributed by atoms with van der Waals surface area (Å²) < 4.78 is 11.3. The fourth-order valence-electron chi connectivity index (χ4n) is 1.84. The SMILES string of the molecule is BrCc1nc2cc(OCc3ccccc3)ccc2o1. The summed E-state index contributed by atoms with van der Waals surface area (Å²) in [6.07, 6.45) is 0. The highest BCUT2D eigenvalue weighted by Crippen LogP contribution is 2.23. The number of halogens is 1. The first-order chi connectivity index (χ1) is 9.35. The lowest BCUT2D eigenvalue weighted by molar-refractivity contribution is 0.306. The highest BCUT2D eigenvalue weighted by atomic mass is 79.9. The Morgan fingerprint density at radius 3 is 2.74 bits per heavy atom. The fraction of sp³-hybridized carbons (Fsp3) is 0.133. The van der Waals surface area contributed by atoms with Gasteiger partial charge in [0.25, 0.3) is 0 Å². The number of fused-ring (bicyclic) bond motifs is 1. The molecule has 0 saturated carbocycles. The van der Waals surface area contributed by atoms with Gasteiger partial charge in [-0.1, -0.05) is 46.3 Å². The van der Waals surface area contributed by atoms with Crippen LogP contribution in [-0.4, -0.2) is 4.98 Å². The highest BCUT2D eigenvalue weighted by molar-refractivity contribution is 9.08. The maximum absolute atomic E-state index is 5.75. The maximum atomic E-state index is 5.75. The van der Waals surface area contributed by atoms with Gasteiger partial charge in [-0.15, -0.1) is 0 Å². The second-order valence-electron chi connectivity index (χ2n) is 4.15. The molecule has 0 N–H and O–H groups in total. The Labute approximate surface area is 119 Å². The topological polar surface area (TPSA) is 35.3 Å². The minimum atomic E-state index is 0.551. The molecule has 0 aliphatic carbocycles. The molecule has 3 nitrogen and oxygen atoms in total. The molecule has 4 heteroatoms. The second kappa shape index (κ2) is 5.45. The van der Waals surface area contributed by atoms with Crippen molar-refractivity contribution in [2.45, 2.75) is 11.9 Å². The van der Waals surface area contributed by atoms with Crippen LogP contribution in [0.3, 0.4) is 0 Å². The standard InChI is InChI=1S/C15H12BrNO2/c16-9-15-17-13-8-12(6-7-14(13)19-15)18-10-11-4-2-1-3-5-11/h1-8H,9-10H2. The van der Waals surface area contributed by atoms with Crippen LogP contribution in [0.25, 0.3) is 11.1 Å². The van der Waals surface area contributed by atoms with E-state index in [1.54, 1.807) is 0 Å². The van der Waals surface area contributed by atoms with Crippen molar-refractivity contribution in [3.05, 3.63) is 60.0 Å². The third-order valence-electron chi connectivity index (χ3n) is 2.77. The minimum absolute atomic E-state index is 0.551. The second-order valence-corrected chi connectivity index (χ2v) is 4.71. The number of hydrogen-bond donors (Lipinski definition) is 0. The van der Waals surface area contributed by atoms with Crippen LogP contribution in [0.1, 0.15) is 11.5 Å². The van der Waals surface area contributed by atoms with E-state index >= 15 is 0 Å². The van der Waals surface area contributed by atoms with Crippen LogP contribution in [0.5, 0.6) is 5.75 Å². The number of aromatic nitrogens is 1. The number of nitrogens with zero attached hydrogens (tertiary/aromatic N) is 1. The third kappa shape index (κ3) is 2.79. The third-order valence-corrected chi connectivity index (χ3v) is 3.25. The minimum Gasteiger partial charge on any atom is -0.489 e. The molecule has 0 spiro atoms. The lowest BCUT2D eigenvalue weighted by atomic mass is 10.2. The van der Waals surface area contributed by atoms with Crippen LogP contribution >= 0.6 is 15.9 Å². The van der Waals surface area contributed by atoms with E-state index in [9.17, 15) is 0 Å². The number of ether oxygens (including phenoxy) is 1. The molecule has 19 heavy (non-hydrogen) atoms. The average Bonchev–Trinajstić information content (AvgIpc) is 2.88. The first kappa shape index (κ1) is 12.2. The van der Waals surface area contributed by atoms with Crippen molar-refractivity contribution < 1.29 is 9.15 Å². The molecule has 0 aliphatic heterocycles. The van der Waals surface area contributed by atoms with Gasteiger partial charge in [-0.25, -0.2) is 4.98 Å². The van der Waals surface area contributed by atoms with Crippen LogP contribution in [0.15, 0.2) is 52.9 Å². The number of alkyl halides is 1. The summed E-state index contributed by atoms with van der Waals surface area (Å²) in [5.74, 6) is 1.47. The van der Waals surface area contributed by atoms with E-state index in [0.29, 0.717) is 17.8 Å². The Bertz CT molecular complexity index is 679. The lowest BCUT2D eigenvalue weighted by Crippen LogP contribution is -1.94. The van der Waals surface area contributed by atoms with Gasteiger partial charge in [0, 0.05) is 6.07 Å². The normalized spacial score (nSPS) is 10.8. The Hall–Kier alpha value is -1.81. The molecule has 2 aromatic carbocycles. The smallest absolute Gasteiger partial charge is 0.206 e. The molecular formula is C15H12BrNO2. The van der Waals surface area contributed by atoms with Crippen molar-refractivity contribution in [2.24, 2.45) is 0 Å². The summed E-state index contributed by atoms with van der Waals surface area (Å²) >= 11 is 3.33. The van der Waals surface area contributed by atoms with Crippen molar-refractivity contribution in [2.75, 3.05) is 0 Å². The lowest BCUT2D eigenvalue weighted by Gasteiger charge is -2.05. The van der Waals surface area contributed by atoms with Gasteiger partial charge in [-0.3, -0.25) is 0 Å². The molecule has 0 atom stereocenters. The van der Waals surface area contributed by atoms with Gasteiger partial charge in [0.15, 0.2) is 5.58 Å². The Balaban J connectivity index is 1.78. The van der Waals surface area contributed by atoms with E-state index in [0.717, 1.165) is 22.4 Å². The summed E-state index contributed by atoms with van der Waals surface area (Å²) in [4.78, 5) is 4.35. The quantitative estimate of drug-likeness (QED) is 0.673. The van der Waals surface area contributed by atoms with Gasteiger partial charge >= 0.3 is 0 Å². The number of oxazole rings is 1. The van der Waals surface area contributed by atoms with Crippen LogP contribution in [0.2, 0.25) is 0 Å². The van der Waals surface area contributed by atoms with Crippen molar-refractivity contribution in [1.29, 1.82) is 0 Å². The summed E-state index contributed by atoms with van der Waals surface area (Å²) in [7, 11) is 0.